The Bertz CT molecular complexity index is 886. The van der Waals surface area contributed by atoms with E-state index in [0.717, 1.165) is 49.2 Å². The number of ether oxygens (including phenoxy) is 2. The molecule has 2 aromatic rings. The zero-order valence-electron chi connectivity index (χ0n) is 17.0. The number of methoxy groups -OCH3 is 2. The molecule has 1 aliphatic carbocycles. The third kappa shape index (κ3) is 4.65. The number of likely N-dealkylation sites (tertiary alicyclic amines) is 1. The lowest BCUT2D eigenvalue weighted by molar-refractivity contribution is 0.103. The minimum atomic E-state index is 0. The Morgan fingerprint density at radius 3 is 2.34 bits per heavy atom. The zero-order chi connectivity index (χ0) is 19.5. The van der Waals surface area contributed by atoms with Gasteiger partial charge in [0, 0.05) is 24.1 Å². The van der Waals surface area contributed by atoms with E-state index in [1.54, 1.807) is 14.2 Å². The third-order valence-electron chi connectivity index (χ3n) is 5.84. The van der Waals surface area contributed by atoms with Gasteiger partial charge in [0.2, 0.25) is 0 Å². The predicted octanol–water partition coefficient (Wildman–Crippen LogP) is 4.70. The lowest BCUT2D eigenvalue weighted by Gasteiger charge is -2.30. The van der Waals surface area contributed by atoms with E-state index in [-0.39, 0.29) is 18.2 Å². The van der Waals surface area contributed by atoms with Crippen LogP contribution in [0.1, 0.15) is 34.3 Å². The fourth-order valence-corrected chi connectivity index (χ4v) is 4.28. The van der Waals surface area contributed by atoms with Crippen molar-refractivity contribution in [3.8, 4) is 11.5 Å². The molecular formula is C24H28ClNO3. The highest BCUT2D eigenvalue weighted by Gasteiger charge is 2.28. The lowest BCUT2D eigenvalue weighted by atomic mass is 9.93. The Morgan fingerprint density at radius 1 is 1.03 bits per heavy atom. The molecule has 0 amide bonds. The number of carbonyl (C=O) groups is 1. The molecule has 0 radical (unpaired) electrons. The van der Waals surface area contributed by atoms with Gasteiger partial charge in [-0.25, -0.2) is 0 Å². The highest BCUT2D eigenvalue weighted by Crippen LogP contribution is 2.37. The Labute approximate surface area is 178 Å². The first kappa shape index (κ1) is 21.4. The number of carbonyl (C=O) groups excluding carboxylic acids is 1. The Kier molecular flexibility index (Phi) is 6.99. The predicted molar refractivity (Wildman–Crippen MR) is 117 cm³/mol. The molecule has 4 nitrogen and oxygen atoms in total. The van der Waals surface area contributed by atoms with Gasteiger partial charge < -0.3 is 9.47 Å². The lowest BCUT2D eigenvalue weighted by Crippen LogP contribution is -2.32. The SMILES string of the molecule is COc1cc2c(cc1OC)C(=O)/C(=C\C1CCN(Cc3ccccc3)CC1)C2.Cl. The number of piperidine rings is 1. The number of hydrogen-bond donors (Lipinski definition) is 0. The zero-order valence-corrected chi connectivity index (χ0v) is 17.8. The summed E-state index contributed by atoms with van der Waals surface area (Å²) in [6.45, 7) is 3.16. The standard InChI is InChI=1S/C24H27NO3.ClH/c1-27-22-14-19-13-20(24(26)21(19)15-23(22)28-2)12-17-8-10-25(11-9-17)16-18-6-4-3-5-7-18;/h3-7,12,14-15,17H,8-11,13,16H2,1-2H3;1H/b20-12-;. The summed E-state index contributed by atoms with van der Waals surface area (Å²) >= 11 is 0. The van der Waals surface area contributed by atoms with Gasteiger partial charge in [0.15, 0.2) is 17.3 Å². The number of rotatable bonds is 5. The maximum Gasteiger partial charge on any atom is 0.189 e. The molecule has 0 spiro atoms. The molecule has 0 atom stereocenters. The minimum Gasteiger partial charge on any atom is -0.493 e. The molecule has 0 bridgehead atoms. The van der Waals surface area contributed by atoms with E-state index in [1.165, 1.54) is 5.56 Å². The van der Waals surface area contributed by atoms with Crippen molar-refractivity contribution in [3.63, 3.8) is 0 Å². The van der Waals surface area contributed by atoms with Crippen LogP contribution >= 0.6 is 12.4 Å². The number of Topliss-reactive ketones (excluding diaryl/α,β-unsaturated/α-hetero) is 1. The molecule has 2 aliphatic rings. The molecule has 29 heavy (non-hydrogen) atoms. The highest BCUT2D eigenvalue weighted by molar-refractivity contribution is 6.13. The van der Waals surface area contributed by atoms with Crippen LogP contribution in [-0.4, -0.2) is 38.0 Å². The molecule has 0 unspecified atom stereocenters. The molecular weight excluding hydrogens is 386 g/mol. The largest absolute Gasteiger partial charge is 0.493 e. The van der Waals surface area contributed by atoms with Crippen molar-refractivity contribution in [3.05, 3.63) is 70.8 Å². The van der Waals surface area contributed by atoms with Gasteiger partial charge in [-0.15, -0.1) is 12.4 Å². The van der Waals surface area contributed by atoms with Gasteiger partial charge in [-0.05, 0) is 55.1 Å². The summed E-state index contributed by atoms with van der Waals surface area (Å²) < 4.78 is 10.7. The molecule has 0 N–H and O–H groups in total. The maximum atomic E-state index is 12.9. The van der Waals surface area contributed by atoms with E-state index in [1.807, 2.05) is 12.1 Å². The van der Waals surface area contributed by atoms with Crippen molar-refractivity contribution in [2.45, 2.75) is 25.8 Å². The van der Waals surface area contributed by atoms with Crippen LogP contribution in [0.4, 0.5) is 0 Å². The second kappa shape index (κ2) is 9.47. The topological polar surface area (TPSA) is 38.8 Å². The second-order valence-corrected chi connectivity index (χ2v) is 7.66. The van der Waals surface area contributed by atoms with Crippen molar-refractivity contribution in [1.82, 2.24) is 4.90 Å². The number of ketones is 1. The Hall–Kier alpha value is -2.30. The van der Waals surface area contributed by atoms with Crippen LogP contribution in [0.2, 0.25) is 0 Å². The van der Waals surface area contributed by atoms with Crippen molar-refractivity contribution >= 4 is 18.2 Å². The van der Waals surface area contributed by atoms with Gasteiger partial charge in [-0.2, -0.15) is 0 Å². The average molecular weight is 414 g/mol. The summed E-state index contributed by atoms with van der Waals surface area (Å²) in [5, 5.41) is 0. The van der Waals surface area contributed by atoms with Gasteiger partial charge in [-0.1, -0.05) is 36.4 Å². The fourth-order valence-electron chi connectivity index (χ4n) is 4.28. The highest BCUT2D eigenvalue weighted by atomic mass is 35.5. The van der Waals surface area contributed by atoms with Crippen molar-refractivity contribution < 1.29 is 14.3 Å². The van der Waals surface area contributed by atoms with Gasteiger partial charge in [0.1, 0.15) is 0 Å². The quantitative estimate of drug-likeness (QED) is 0.666. The van der Waals surface area contributed by atoms with E-state index in [0.29, 0.717) is 23.8 Å². The summed E-state index contributed by atoms with van der Waals surface area (Å²) in [5.74, 6) is 1.92. The smallest absolute Gasteiger partial charge is 0.189 e. The Morgan fingerprint density at radius 2 is 1.69 bits per heavy atom. The third-order valence-corrected chi connectivity index (χ3v) is 5.84. The van der Waals surface area contributed by atoms with Crippen LogP contribution in [0.3, 0.4) is 0 Å². The summed E-state index contributed by atoms with van der Waals surface area (Å²) in [5.41, 5.74) is 4.08. The Balaban J connectivity index is 0.00000240. The van der Waals surface area contributed by atoms with Crippen molar-refractivity contribution in [2.24, 2.45) is 5.92 Å². The molecule has 1 aliphatic heterocycles. The van der Waals surface area contributed by atoms with Gasteiger partial charge >= 0.3 is 0 Å². The van der Waals surface area contributed by atoms with Crippen LogP contribution in [0.25, 0.3) is 0 Å². The molecule has 0 saturated carbocycles. The van der Waals surface area contributed by atoms with Crippen LogP contribution < -0.4 is 9.47 Å². The van der Waals surface area contributed by atoms with Crippen molar-refractivity contribution in [2.75, 3.05) is 27.3 Å². The average Bonchev–Trinajstić information content (AvgIpc) is 3.03. The first-order chi connectivity index (χ1) is 13.7. The van der Waals surface area contributed by atoms with Crippen LogP contribution in [0.15, 0.2) is 54.1 Å². The minimum absolute atomic E-state index is 0. The normalized spacial score (nSPS) is 18.4. The molecule has 154 valence electrons. The second-order valence-electron chi connectivity index (χ2n) is 7.66. The van der Waals surface area contributed by atoms with E-state index < -0.39 is 0 Å². The number of nitrogens with zero attached hydrogens (tertiary/aromatic N) is 1. The van der Waals surface area contributed by atoms with Gasteiger partial charge in [0.25, 0.3) is 0 Å². The summed E-state index contributed by atoms with van der Waals surface area (Å²) in [6, 6.07) is 14.4. The fraction of sp³-hybridized carbons (Fsp3) is 0.375. The number of benzene rings is 2. The summed E-state index contributed by atoms with van der Waals surface area (Å²) in [7, 11) is 3.23. The molecule has 2 aromatic carbocycles. The van der Waals surface area contributed by atoms with E-state index >= 15 is 0 Å². The van der Waals surface area contributed by atoms with E-state index in [9.17, 15) is 4.79 Å². The summed E-state index contributed by atoms with van der Waals surface area (Å²) in [4.78, 5) is 15.4. The van der Waals surface area contributed by atoms with E-state index in [4.69, 9.17) is 9.47 Å². The monoisotopic (exact) mass is 413 g/mol. The number of hydrogen-bond acceptors (Lipinski definition) is 4. The molecule has 1 heterocycles. The van der Waals surface area contributed by atoms with Crippen LogP contribution in [0, 0.1) is 5.92 Å². The first-order valence-electron chi connectivity index (χ1n) is 9.94. The number of fused-ring (bicyclic) bond motifs is 1. The van der Waals surface area contributed by atoms with Crippen LogP contribution in [0.5, 0.6) is 11.5 Å². The molecule has 1 saturated heterocycles. The maximum absolute atomic E-state index is 12.9. The number of halogens is 1. The first-order valence-corrected chi connectivity index (χ1v) is 9.94. The van der Waals surface area contributed by atoms with Crippen LogP contribution in [-0.2, 0) is 13.0 Å². The molecule has 4 rings (SSSR count). The van der Waals surface area contributed by atoms with E-state index in [2.05, 4.69) is 41.3 Å². The molecule has 5 heteroatoms. The van der Waals surface area contributed by atoms with Gasteiger partial charge in [-0.3, -0.25) is 9.69 Å². The van der Waals surface area contributed by atoms with Gasteiger partial charge in [0.05, 0.1) is 14.2 Å². The molecule has 1 fully saturated rings. The molecule has 0 aromatic heterocycles. The summed E-state index contributed by atoms with van der Waals surface area (Å²) in [6.07, 6.45) is 5.12. The number of allylic oxidation sites excluding steroid dienone is 2. The van der Waals surface area contributed by atoms with Crippen molar-refractivity contribution in [1.29, 1.82) is 0 Å².